The van der Waals surface area contributed by atoms with Gasteiger partial charge in [0.15, 0.2) is 5.43 Å². The summed E-state index contributed by atoms with van der Waals surface area (Å²) < 4.78 is 0. The Labute approximate surface area is 137 Å². The SMILES string of the molecule is CC[C@@H](Cc1ccccc1)N(CC)C(=O)c1c[nH]c(C)cc1=O. The zero-order valence-corrected chi connectivity index (χ0v) is 14.0. The van der Waals surface area contributed by atoms with Crippen molar-refractivity contribution in [2.75, 3.05) is 6.54 Å². The van der Waals surface area contributed by atoms with Crippen molar-refractivity contribution in [1.29, 1.82) is 0 Å². The van der Waals surface area contributed by atoms with Gasteiger partial charge in [0.2, 0.25) is 0 Å². The van der Waals surface area contributed by atoms with E-state index in [2.05, 4.69) is 24.0 Å². The number of hydrogen-bond donors (Lipinski definition) is 1. The van der Waals surface area contributed by atoms with Crippen molar-refractivity contribution < 1.29 is 4.79 Å². The highest BCUT2D eigenvalue weighted by Gasteiger charge is 2.24. The first-order valence-corrected chi connectivity index (χ1v) is 8.11. The molecule has 4 nitrogen and oxygen atoms in total. The molecule has 0 spiro atoms. The lowest BCUT2D eigenvalue weighted by Crippen LogP contribution is -2.42. The summed E-state index contributed by atoms with van der Waals surface area (Å²) in [6.07, 6.45) is 3.16. The molecule has 1 atom stereocenters. The lowest BCUT2D eigenvalue weighted by atomic mass is 10.0. The Kier molecular flexibility index (Phi) is 5.74. The van der Waals surface area contributed by atoms with Crippen molar-refractivity contribution in [2.24, 2.45) is 0 Å². The highest BCUT2D eigenvalue weighted by atomic mass is 16.2. The highest BCUT2D eigenvalue weighted by Crippen LogP contribution is 2.14. The molecule has 23 heavy (non-hydrogen) atoms. The van der Waals surface area contributed by atoms with Gasteiger partial charge in [-0.25, -0.2) is 0 Å². The molecule has 2 aromatic rings. The predicted octanol–water partition coefficient (Wildman–Crippen LogP) is 3.17. The highest BCUT2D eigenvalue weighted by molar-refractivity contribution is 5.94. The van der Waals surface area contributed by atoms with E-state index in [1.54, 1.807) is 11.8 Å². The van der Waals surface area contributed by atoms with E-state index >= 15 is 0 Å². The molecule has 0 aliphatic heterocycles. The molecule has 1 aromatic carbocycles. The minimum absolute atomic E-state index is 0.0793. The third kappa shape index (κ3) is 4.09. The Morgan fingerprint density at radius 2 is 1.91 bits per heavy atom. The van der Waals surface area contributed by atoms with Crippen molar-refractivity contribution in [1.82, 2.24) is 9.88 Å². The van der Waals surface area contributed by atoms with Crippen LogP contribution in [0.15, 0.2) is 47.4 Å². The maximum atomic E-state index is 12.8. The molecule has 0 radical (unpaired) electrons. The van der Waals surface area contributed by atoms with Crippen molar-refractivity contribution in [3.8, 4) is 0 Å². The van der Waals surface area contributed by atoms with Gasteiger partial charge < -0.3 is 9.88 Å². The summed E-state index contributed by atoms with van der Waals surface area (Å²) in [5.41, 5.74) is 1.94. The van der Waals surface area contributed by atoms with E-state index < -0.39 is 0 Å². The van der Waals surface area contributed by atoms with Crippen molar-refractivity contribution in [3.05, 3.63) is 69.6 Å². The normalized spacial score (nSPS) is 12.0. The number of pyridine rings is 1. The number of aromatic nitrogens is 1. The molecule has 0 fully saturated rings. The van der Waals surface area contributed by atoms with E-state index in [9.17, 15) is 9.59 Å². The van der Waals surface area contributed by atoms with Gasteiger partial charge in [0.25, 0.3) is 5.91 Å². The largest absolute Gasteiger partial charge is 0.364 e. The van der Waals surface area contributed by atoms with Crippen molar-refractivity contribution in [2.45, 2.75) is 39.7 Å². The third-order valence-corrected chi connectivity index (χ3v) is 4.12. The summed E-state index contributed by atoms with van der Waals surface area (Å²) in [6, 6.07) is 11.7. The van der Waals surface area contributed by atoms with Crippen LogP contribution in [-0.2, 0) is 6.42 Å². The predicted molar refractivity (Wildman–Crippen MR) is 92.7 cm³/mol. The Morgan fingerprint density at radius 1 is 1.22 bits per heavy atom. The zero-order valence-electron chi connectivity index (χ0n) is 14.0. The fourth-order valence-electron chi connectivity index (χ4n) is 2.82. The molecule has 1 N–H and O–H groups in total. The fraction of sp³-hybridized carbons (Fsp3) is 0.368. The maximum Gasteiger partial charge on any atom is 0.259 e. The number of benzene rings is 1. The molecule has 0 saturated heterocycles. The topological polar surface area (TPSA) is 53.2 Å². The second kappa shape index (κ2) is 7.77. The molecule has 4 heteroatoms. The number of aryl methyl sites for hydroxylation is 1. The van der Waals surface area contributed by atoms with E-state index in [1.165, 1.54) is 17.8 Å². The minimum atomic E-state index is -0.223. The number of aromatic amines is 1. The Bertz CT molecular complexity index is 707. The Hall–Kier alpha value is -2.36. The number of rotatable bonds is 6. The van der Waals surface area contributed by atoms with Crippen molar-refractivity contribution in [3.63, 3.8) is 0 Å². The van der Waals surface area contributed by atoms with Crippen LogP contribution < -0.4 is 5.43 Å². The first-order valence-electron chi connectivity index (χ1n) is 8.11. The molecule has 1 aromatic heterocycles. The van der Waals surface area contributed by atoms with Gasteiger partial charge in [0, 0.05) is 30.5 Å². The van der Waals surface area contributed by atoms with Gasteiger partial charge in [0.1, 0.15) is 5.56 Å². The van der Waals surface area contributed by atoms with E-state index in [0.717, 1.165) is 18.5 Å². The van der Waals surface area contributed by atoms with Crippen LogP contribution >= 0.6 is 0 Å². The summed E-state index contributed by atoms with van der Waals surface area (Å²) in [5, 5.41) is 0. The molecular formula is C19H24N2O2. The molecule has 1 amide bonds. The zero-order chi connectivity index (χ0) is 16.8. The summed E-state index contributed by atoms with van der Waals surface area (Å²) in [6.45, 7) is 6.41. The summed E-state index contributed by atoms with van der Waals surface area (Å²) in [4.78, 5) is 29.7. The average molecular weight is 312 g/mol. The van der Waals surface area contributed by atoms with Gasteiger partial charge in [-0.2, -0.15) is 0 Å². The van der Waals surface area contributed by atoms with Crippen LogP contribution in [0.25, 0.3) is 0 Å². The van der Waals surface area contributed by atoms with E-state index in [1.807, 2.05) is 25.1 Å². The second-order valence-corrected chi connectivity index (χ2v) is 5.74. The number of likely N-dealkylation sites (N-methyl/N-ethyl adjacent to an activating group) is 1. The van der Waals surface area contributed by atoms with Gasteiger partial charge in [-0.3, -0.25) is 9.59 Å². The third-order valence-electron chi connectivity index (χ3n) is 4.12. The molecule has 0 aliphatic rings. The Balaban J connectivity index is 2.25. The molecule has 2 rings (SSSR count). The summed E-state index contributed by atoms with van der Waals surface area (Å²) >= 11 is 0. The van der Waals surface area contributed by atoms with Crippen LogP contribution in [-0.4, -0.2) is 28.4 Å². The van der Waals surface area contributed by atoms with Crippen LogP contribution in [0.4, 0.5) is 0 Å². The first kappa shape index (κ1) is 17.0. The smallest absolute Gasteiger partial charge is 0.259 e. The number of H-pyrrole nitrogens is 1. The first-order chi connectivity index (χ1) is 11.1. The summed E-state index contributed by atoms with van der Waals surface area (Å²) in [7, 11) is 0. The maximum absolute atomic E-state index is 12.8. The van der Waals surface area contributed by atoms with E-state index in [0.29, 0.717) is 6.54 Å². The summed E-state index contributed by atoms with van der Waals surface area (Å²) in [5.74, 6) is -0.198. The second-order valence-electron chi connectivity index (χ2n) is 5.74. The van der Waals surface area contributed by atoms with Gasteiger partial charge in [-0.1, -0.05) is 37.3 Å². The fourth-order valence-corrected chi connectivity index (χ4v) is 2.82. The number of nitrogens with one attached hydrogen (secondary N) is 1. The van der Waals surface area contributed by atoms with Crippen LogP contribution in [0.5, 0.6) is 0 Å². The Morgan fingerprint density at radius 3 is 2.48 bits per heavy atom. The number of carbonyl (C=O) groups is 1. The quantitative estimate of drug-likeness (QED) is 0.890. The lowest BCUT2D eigenvalue weighted by Gasteiger charge is -2.30. The van der Waals surface area contributed by atoms with Crippen LogP contribution in [0, 0.1) is 6.92 Å². The van der Waals surface area contributed by atoms with Crippen LogP contribution in [0.2, 0.25) is 0 Å². The molecular weight excluding hydrogens is 288 g/mol. The van der Waals surface area contributed by atoms with Gasteiger partial charge in [-0.05, 0) is 32.3 Å². The standard InChI is InChI=1S/C19H24N2O2/c1-4-16(12-15-9-7-6-8-10-15)21(5-2)19(23)17-13-20-14(3)11-18(17)22/h6-11,13,16H,4-5,12H2,1-3H3,(H,20,22)/t16-/m0/s1. The van der Waals surface area contributed by atoms with Gasteiger partial charge in [-0.15, -0.1) is 0 Å². The number of nitrogens with zero attached hydrogens (tertiary/aromatic N) is 1. The average Bonchev–Trinajstić information content (AvgIpc) is 2.55. The number of hydrogen-bond acceptors (Lipinski definition) is 2. The minimum Gasteiger partial charge on any atom is -0.364 e. The van der Waals surface area contributed by atoms with E-state index in [4.69, 9.17) is 0 Å². The molecule has 1 heterocycles. The number of amides is 1. The van der Waals surface area contributed by atoms with Gasteiger partial charge in [0.05, 0.1) is 0 Å². The molecule has 0 bridgehead atoms. The molecule has 122 valence electrons. The lowest BCUT2D eigenvalue weighted by molar-refractivity contribution is 0.0682. The number of carbonyl (C=O) groups excluding carboxylic acids is 1. The van der Waals surface area contributed by atoms with Crippen LogP contribution in [0.1, 0.15) is 41.9 Å². The molecule has 0 saturated carbocycles. The monoisotopic (exact) mass is 312 g/mol. The van der Waals surface area contributed by atoms with Crippen LogP contribution in [0.3, 0.4) is 0 Å². The van der Waals surface area contributed by atoms with Gasteiger partial charge >= 0.3 is 0 Å². The van der Waals surface area contributed by atoms with E-state index in [-0.39, 0.29) is 22.9 Å². The van der Waals surface area contributed by atoms with Crippen molar-refractivity contribution >= 4 is 5.91 Å². The molecule has 0 aliphatic carbocycles. The molecule has 0 unspecified atom stereocenters.